The molecule has 2 heterocycles. The molecule has 0 aromatic heterocycles. The summed E-state index contributed by atoms with van der Waals surface area (Å²) in [5.74, 6) is -0.105. The molecule has 4 rings (SSSR count). The number of piperidine rings is 1. The maximum atomic E-state index is 13.8. The number of imide groups is 1. The van der Waals surface area contributed by atoms with Crippen LogP contribution in [0.25, 0.3) is 5.57 Å². The van der Waals surface area contributed by atoms with E-state index in [2.05, 4.69) is 11.9 Å². The zero-order chi connectivity index (χ0) is 22.1. The molecule has 2 amide bonds. The normalized spacial score (nSPS) is 18.1. The minimum absolute atomic E-state index is 0.209. The minimum Gasteiger partial charge on any atom is -0.495 e. The predicted molar refractivity (Wildman–Crippen MR) is 122 cm³/mol. The van der Waals surface area contributed by atoms with Crippen molar-refractivity contribution in [3.8, 4) is 5.75 Å². The predicted octanol–water partition coefficient (Wildman–Crippen LogP) is 3.31. The van der Waals surface area contributed by atoms with E-state index in [4.69, 9.17) is 4.74 Å². The Morgan fingerprint density at radius 1 is 1.00 bits per heavy atom. The molecule has 0 spiro atoms. The van der Waals surface area contributed by atoms with Gasteiger partial charge in [0.1, 0.15) is 11.4 Å². The number of anilines is 1. The molecule has 31 heavy (non-hydrogen) atoms. The van der Waals surface area contributed by atoms with Crippen LogP contribution in [0.4, 0.5) is 5.69 Å². The smallest absolute Gasteiger partial charge is 0.282 e. The number of hydrogen-bond donors (Lipinski definition) is 0. The average molecular weight is 420 g/mol. The van der Waals surface area contributed by atoms with Crippen LogP contribution < -0.4 is 9.64 Å². The van der Waals surface area contributed by atoms with Crippen molar-refractivity contribution >= 4 is 23.1 Å². The molecule has 6 heteroatoms. The summed E-state index contributed by atoms with van der Waals surface area (Å²) in [7, 11) is 5.60. The van der Waals surface area contributed by atoms with Gasteiger partial charge in [0.15, 0.2) is 0 Å². The molecule has 0 bridgehead atoms. The van der Waals surface area contributed by atoms with E-state index in [0.717, 1.165) is 37.1 Å². The van der Waals surface area contributed by atoms with Crippen LogP contribution >= 0.6 is 0 Å². The molecule has 0 unspecified atom stereocenters. The van der Waals surface area contributed by atoms with Crippen LogP contribution in [-0.2, 0) is 9.59 Å². The van der Waals surface area contributed by atoms with Gasteiger partial charge in [0.25, 0.3) is 11.8 Å². The van der Waals surface area contributed by atoms with E-state index < -0.39 is 0 Å². The van der Waals surface area contributed by atoms with Gasteiger partial charge in [-0.15, -0.1) is 0 Å². The molecule has 1 saturated heterocycles. The van der Waals surface area contributed by atoms with E-state index >= 15 is 0 Å². The van der Waals surface area contributed by atoms with Crippen LogP contribution in [0.2, 0.25) is 0 Å². The highest BCUT2D eigenvalue weighted by Gasteiger charge is 2.44. The maximum absolute atomic E-state index is 13.8. The molecule has 0 atom stereocenters. The van der Waals surface area contributed by atoms with Crippen LogP contribution in [0.3, 0.4) is 0 Å². The van der Waals surface area contributed by atoms with Crippen LogP contribution in [0.1, 0.15) is 24.0 Å². The summed E-state index contributed by atoms with van der Waals surface area (Å²) in [4.78, 5) is 33.1. The second kappa shape index (κ2) is 8.55. The Bertz CT molecular complexity index is 1020. The lowest BCUT2D eigenvalue weighted by Crippen LogP contribution is -2.43. The van der Waals surface area contributed by atoms with E-state index in [1.807, 2.05) is 61.3 Å². The monoisotopic (exact) mass is 419 g/mol. The number of benzene rings is 2. The fourth-order valence-electron chi connectivity index (χ4n) is 4.47. The molecular weight excluding hydrogens is 390 g/mol. The van der Waals surface area contributed by atoms with Gasteiger partial charge < -0.3 is 14.5 Å². The third kappa shape index (κ3) is 3.83. The number of amides is 2. The number of aryl methyl sites for hydroxylation is 1. The number of carbonyl (C=O) groups excluding carboxylic acids is 2. The lowest BCUT2D eigenvalue weighted by atomic mass is 10.0. The summed E-state index contributed by atoms with van der Waals surface area (Å²) in [6.45, 7) is 3.88. The van der Waals surface area contributed by atoms with Crippen molar-refractivity contribution in [1.82, 2.24) is 9.80 Å². The Balaban J connectivity index is 1.81. The molecule has 0 N–H and O–H groups in total. The summed E-state index contributed by atoms with van der Waals surface area (Å²) >= 11 is 0. The molecule has 2 aromatic carbocycles. The SMILES string of the molecule is COc1ccc(C)cc1N1C(=O)C(c2ccccc2)=C(N(C)C2CCN(C)CC2)C1=O. The van der Waals surface area contributed by atoms with Crippen molar-refractivity contribution in [1.29, 1.82) is 0 Å². The second-order valence-electron chi connectivity index (χ2n) is 8.36. The molecule has 1 fully saturated rings. The van der Waals surface area contributed by atoms with Gasteiger partial charge in [0.05, 0.1) is 18.4 Å². The van der Waals surface area contributed by atoms with E-state index in [-0.39, 0.29) is 17.9 Å². The zero-order valence-corrected chi connectivity index (χ0v) is 18.6. The van der Waals surface area contributed by atoms with Gasteiger partial charge in [-0.2, -0.15) is 0 Å². The van der Waals surface area contributed by atoms with Crippen molar-refractivity contribution in [2.24, 2.45) is 0 Å². The van der Waals surface area contributed by atoms with Gasteiger partial charge in [0.2, 0.25) is 0 Å². The van der Waals surface area contributed by atoms with Crippen molar-refractivity contribution in [2.75, 3.05) is 39.2 Å². The number of rotatable bonds is 5. The summed E-state index contributed by atoms with van der Waals surface area (Å²) in [6.07, 6.45) is 1.90. The number of carbonyl (C=O) groups is 2. The number of methoxy groups -OCH3 is 1. The van der Waals surface area contributed by atoms with Crippen molar-refractivity contribution in [3.63, 3.8) is 0 Å². The highest BCUT2D eigenvalue weighted by molar-refractivity contribution is 6.45. The molecule has 0 saturated carbocycles. The summed E-state index contributed by atoms with van der Waals surface area (Å²) < 4.78 is 5.49. The zero-order valence-electron chi connectivity index (χ0n) is 18.6. The van der Waals surface area contributed by atoms with Crippen LogP contribution in [0.5, 0.6) is 5.75 Å². The second-order valence-corrected chi connectivity index (χ2v) is 8.36. The first-order valence-corrected chi connectivity index (χ1v) is 10.7. The maximum Gasteiger partial charge on any atom is 0.282 e. The first-order chi connectivity index (χ1) is 14.9. The van der Waals surface area contributed by atoms with Crippen molar-refractivity contribution < 1.29 is 14.3 Å². The quantitative estimate of drug-likeness (QED) is 0.696. The third-order valence-corrected chi connectivity index (χ3v) is 6.29. The van der Waals surface area contributed by atoms with Gasteiger partial charge in [0, 0.05) is 13.1 Å². The summed E-state index contributed by atoms with van der Waals surface area (Å²) in [5.41, 5.74) is 3.11. The fraction of sp³-hybridized carbons (Fsp3) is 0.360. The number of likely N-dealkylation sites (N-methyl/N-ethyl adjacent to an activating group) is 1. The number of hydrogen-bond acceptors (Lipinski definition) is 5. The summed E-state index contributed by atoms with van der Waals surface area (Å²) in [5, 5.41) is 0. The van der Waals surface area contributed by atoms with Crippen molar-refractivity contribution in [3.05, 3.63) is 65.4 Å². The molecular formula is C25H29N3O3. The Kier molecular flexibility index (Phi) is 5.83. The Morgan fingerprint density at radius 2 is 1.68 bits per heavy atom. The lowest BCUT2D eigenvalue weighted by Gasteiger charge is -2.36. The molecule has 162 valence electrons. The molecule has 2 aliphatic heterocycles. The number of ether oxygens (including phenoxy) is 1. The van der Waals surface area contributed by atoms with E-state index in [0.29, 0.717) is 22.7 Å². The van der Waals surface area contributed by atoms with Gasteiger partial charge in [-0.05, 0) is 63.2 Å². The van der Waals surface area contributed by atoms with Gasteiger partial charge in [-0.25, -0.2) is 4.90 Å². The highest BCUT2D eigenvalue weighted by atomic mass is 16.5. The Labute approximate surface area is 183 Å². The number of nitrogens with zero attached hydrogens (tertiary/aromatic N) is 3. The van der Waals surface area contributed by atoms with Crippen LogP contribution in [0.15, 0.2) is 54.2 Å². The minimum atomic E-state index is -0.310. The third-order valence-electron chi connectivity index (χ3n) is 6.29. The average Bonchev–Trinajstić information content (AvgIpc) is 3.04. The molecule has 2 aromatic rings. The van der Waals surface area contributed by atoms with E-state index in [1.165, 1.54) is 4.90 Å². The first kappa shape index (κ1) is 21.1. The highest BCUT2D eigenvalue weighted by Crippen LogP contribution is 2.39. The standard InChI is InChI=1S/C25H29N3O3/c1-17-10-11-21(31-4)20(16-17)28-24(29)22(18-8-6-5-7-9-18)23(25(28)30)27(3)19-12-14-26(2)15-13-19/h5-11,16,19H,12-15H2,1-4H3. The van der Waals surface area contributed by atoms with E-state index in [1.54, 1.807) is 13.2 Å². The van der Waals surface area contributed by atoms with Crippen LogP contribution in [0, 0.1) is 6.92 Å². The molecule has 6 nitrogen and oxygen atoms in total. The van der Waals surface area contributed by atoms with Gasteiger partial charge >= 0.3 is 0 Å². The van der Waals surface area contributed by atoms with Gasteiger partial charge in [-0.1, -0.05) is 36.4 Å². The molecule has 0 radical (unpaired) electrons. The Morgan fingerprint density at radius 3 is 2.32 bits per heavy atom. The van der Waals surface area contributed by atoms with Crippen LogP contribution in [-0.4, -0.2) is 62.0 Å². The lowest BCUT2D eigenvalue weighted by molar-refractivity contribution is -0.120. The first-order valence-electron chi connectivity index (χ1n) is 10.7. The van der Waals surface area contributed by atoms with E-state index in [9.17, 15) is 9.59 Å². The fourth-order valence-corrected chi connectivity index (χ4v) is 4.47. The Hall–Kier alpha value is -3.12. The largest absolute Gasteiger partial charge is 0.495 e. The number of likely N-dealkylation sites (tertiary alicyclic amines) is 1. The topological polar surface area (TPSA) is 53.1 Å². The van der Waals surface area contributed by atoms with Gasteiger partial charge in [-0.3, -0.25) is 9.59 Å². The molecule has 0 aliphatic carbocycles. The van der Waals surface area contributed by atoms with Crippen molar-refractivity contribution in [2.45, 2.75) is 25.8 Å². The summed E-state index contributed by atoms with van der Waals surface area (Å²) in [6, 6.07) is 15.2. The molecule has 2 aliphatic rings.